The summed E-state index contributed by atoms with van der Waals surface area (Å²) in [6, 6.07) is -1.90. The van der Waals surface area contributed by atoms with Crippen LogP contribution in [0, 0.1) is 0 Å². The van der Waals surface area contributed by atoms with Gasteiger partial charge in [0.1, 0.15) is 11.4 Å². The van der Waals surface area contributed by atoms with Crippen molar-refractivity contribution in [1.29, 1.82) is 0 Å². The fraction of sp³-hybridized carbons (Fsp3) is 0.500. The number of tetrazole rings is 1. The Labute approximate surface area is 207 Å². The Morgan fingerprint density at radius 3 is 2.85 bits per heavy atom. The van der Waals surface area contributed by atoms with Crippen molar-refractivity contribution in [2.24, 2.45) is 0 Å². The molecule has 0 bridgehead atoms. The number of likely N-dealkylation sites (N-methyl/N-ethyl adjacent to an activating group) is 1. The molecule has 1 fully saturated rings. The van der Waals surface area contributed by atoms with E-state index in [9.17, 15) is 19.5 Å². The molecular formula is C18H23N9O4S3. The maximum absolute atomic E-state index is 12.8. The van der Waals surface area contributed by atoms with E-state index >= 15 is 0 Å². The Balaban J connectivity index is 1.39. The van der Waals surface area contributed by atoms with Gasteiger partial charge >= 0.3 is 5.97 Å². The van der Waals surface area contributed by atoms with E-state index in [0.29, 0.717) is 33.9 Å². The van der Waals surface area contributed by atoms with Crippen LogP contribution in [0.25, 0.3) is 0 Å². The summed E-state index contributed by atoms with van der Waals surface area (Å²) >= 11 is 3.86. The van der Waals surface area contributed by atoms with Gasteiger partial charge in [0, 0.05) is 17.7 Å². The zero-order valence-corrected chi connectivity index (χ0v) is 20.8. The fourth-order valence-electron chi connectivity index (χ4n) is 3.50. The Bertz CT molecular complexity index is 1120. The monoisotopic (exact) mass is 525 g/mol. The largest absolute Gasteiger partial charge is 0.479 e. The number of thiazole rings is 1. The first-order chi connectivity index (χ1) is 16.2. The van der Waals surface area contributed by atoms with E-state index < -0.39 is 29.3 Å². The van der Waals surface area contributed by atoms with E-state index in [-0.39, 0.29) is 12.3 Å². The molecule has 34 heavy (non-hydrogen) atoms. The molecule has 1 saturated heterocycles. The summed E-state index contributed by atoms with van der Waals surface area (Å²) in [5.41, 5.74) is 6.67. The van der Waals surface area contributed by atoms with E-state index in [4.69, 9.17) is 5.73 Å². The summed E-state index contributed by atoms with van der Waals surface area (Å²) in [4.78, 5) is 44.6. The fourth-order valence-corrected chi connectivity index (χ4v) is 6.31. The van der Waals surface area contributed by atoms with Crippen LogP contribution in [0.2, 0.25) is 0 Å². The first-order valence-electron chi connectivity index (χ1n) is 10.2. The van der Waals surface area contributed by atoms with Crippen molar-refractivity contribution in [3.63, 3.8) is 0 Å². The number of nitrogens with two attached hydrogens (primary N) is 1. The number of aliphatic carboxylic acids is 1. The SMILES string of the molecule is CN(C)CCn1nnnc1SCC1=CSC2C(NC(=O)Cc3csc(N)n3)C(=O)N2C1C(=O)O. The number of fused-ring (bicyclic) bond motifs is 1. The van der Waals surface area contributed by atoms with Crippen LogP contribution in [-0.4, -0.2) is 102 Å². The van der Waals surface area contributed by atoms with Crippen molar-refractivity contribution < 1.29 is 19.5 Å². The number of anilines is 1. The van der Waals surface area contributed by atoms with Crippen molar-refractivity contribution in [2.75, 3.05) is 32.1 Å². The highest BCUT2D eigenvalue weighted by Gasteiger charge is 2.55. The second-order valence-electron chi connectivity index (χ2n) is 7.88. The maximum atomic E-state index is 12.8. The van der Waals surface area contributed by atoms with Crippen molar-refractivity contribution in [3.8, 4) is 0 Å². The molecule has 13 nitrogen and oxygen atoms in total. The van der Waals surface area contributed by atoms with E-state index in [1.54, 1.807) is 15.5 Å². The molecule has 0 radical (unpaired) electrons. The summed E-state index contributed by atoms with van der Waals surface area (Å²) in [7, 11) is 3.90. The lowest BCUT2D eigenvalue weighted by atomic mass is 9.98. The Morgan fingerprint density at radius 1 is 1.38 bits per heavy atom. The van der Waals surface area contributed by atoms with E-state index in [1.807, 2.05) is 19.0 Å². The molecule has 2 aliphatic rings. The summed E-state index contributed by atoms with van der Waals surface area (Å²) < 4.78 is 1.66. The zero-order valence-electron chi connectivity index (χ0n) is 18.3. The minimum Gasteiger partial charge on any atom is -0.479 e. The highest BCUT2D eigenvalue weighted by Crippen LogP contribution is 2.41. The maximum Gasteiger partial charge on any atom is 0.330 e. The molecule has 16 heteroatoms. The number of nitrogen functional groups attached to an aromatic ring is 1. The lowest BCUT2D eigenvalue weighted by Gasteiger charge is -2.51. The third-order valence-electron chi connectivity index (χ3n) is 5.16. The number of carbonyl (C=O) groups excluding carboxylic acids is 2. The van der Waals surface area contributed by atoms with Gasteiger partial charge in [0.05, 0.1) is 18.7 Å². The van der Waals surface area contributed by atoms with Crippen molar-refractivity contribution >= 4 is 57.8 Å². The molecule has 0 aliphatic carbocycles. The topological polar surface area (TPSA) is 172 Å². The number of carboxylic acid groups (broad SMARTS) is 1. The summed E-state index contributed by atoms with van der Waals surface area (Å²) in [6.07, 6.45) is -0.00248. The lowest BCUT2D eigenvalue weighted by molar-refractivity contribution is -0.160. The molecule has 4 N–H and O–H groups in total. The van der Waals surface area contributed by atoms with Gasteiger partial charge in [-0.3, -0.25) is 9.59 Å². The van der Waals surface area contributed by atoms with Gasteiger partial charge in [-0.2, -0.15) is 0 Å². The Morgan fingerprint density at radius 2 is 2.18 bits per heavy atom. The quantitative estimate of drug-likeness (QED) is 0.265. The predicted octanol–water partition coefficient (Wildman–Crippen LogP) is -0.655. The van der Waals surface area contributed by atoms with Crippen molar-refractivity contribution in [2.45, 2.75) is 35.6 Å². The number of hydrogen-bond acceptors (Lipinski definition) is 12. The van der Waals surface area contributed by atoms with Gasteiger partial charge in [-0.25, -0.2) is 14.5 Å². The lowest BCUT2D eigenvalue weighted by Crippen LogP contribution is -2.74. The molecule has 0 aromatic carbocycles. The van der Waals surface area contributed by atoms with Crippen molar-refractivity contribution in [1.82, 2.24) is 40.3 Å². The Hall–Kier alpha value is -2.69. The van der Waals surface area contributed by atoms with Crippen LogP contribution in [0.15, 0.2) is 21.5 Å². The highest BCUT2D eigenvalue weighted by molar-refractivity contribution is 8.03. The predicted molar refractivity (Wildman–Crippen MR) is 127 cm³/mol. The number of thioether (sulfide) groups is 2. The minimum atomic E-state index is -1.12. The molecule has 3 unspecified atom stereocenters. The molecule has 0 spiro atoms. The molecule has 2 amide bonds. The number of β-lactam (4-membered cyclic amide) rings is 1. The van der Waals surface area contributed by atoms with Gasteiger partial charge in [-0.1, -0.05) is 11.8 Å². The van der Waals surface area contributed by atoms with Gasteiger partial charge in [-0.05, 0) is 35.5 Å². The smallest absolute Gasteiger partial charge is 0.330 e. The second kappa shape index (κ2) is 10.3. The number of amides is 2. The van der Waals surface area contributed by atoms with Crippen LogP contribution in [0.4, 0.5) is 5.13 Å². The van der Waals surface area contributed by atoms with Crippen LogP contribution in [-0.2, 0) is 27.3 Å². The first kappa shape index (κ1) is 24.4. The van der Waals surface area contributed by atoms with Crippen molar-refractivity contribution in [3.05, 3.63) is 22.1 Å². The average Bonchev–Trinajstić information content (AvgIpc) is 3.41. The summed E-state index contributed by atoms with van der Waals surface area (Å²) in [6.45, 7) is 1.35. The van der Waals surface area contributed by atoms with Crippen LogP contribution in [0.5, 0.6) is 0 Å². The van der Waals surface area contributed by atoms with Gasteiger partial charge < -0.3 is 26.0 Å². The van der Waals surface area contributed by atoms with Crippen LogP contribution in [0.1, 0.15) is 5.69 Å². The molecule has 2 aliphatic heterocycles. The molecule has 2 aromatic rings. The molecule has 182 valence electrons. The summed E-state index contributed by atoms with van der Waals surface area (Å²) in [5.74, 6) is -1.61. The van der Waals surface area contributed by atoms with E-state index in [2.05, 4.69) is 25.8 Å². The number of rotatable bonds is 10. The number of nitrogens with zero attached hydrogens (tertiary/aromatic N) is 7. The number of nitrogens with one attached hydrogen (secondary N) is 1. The average molecular weight is 526 g/mol. The molecule has 3 atom stereocenters. The van der Waals surface area contributed by atoms with Crippen LogP contribution >= 0.6 is 34.9 Å². The number of aromatic nitrogens is 5. The highest BCUT2D eigenvalue weighted by atomic mass is 32.2. The standard InChI is InChI=1S/C18H23N9O4S3/c1-25(2)3-4-26-18(22-23-24-26)34-7-9-6-32-15-12(14(29)27(15)13(9)16(30)31)21-11(28)5-10-8-33-17(19)20-10/h6,8,12-13,15H,3-5,7H2,1-2H3,(H2,19,20)(H,21,28)(H,30,31). The number of carbonyl (C=O) groups is 3. The zero-order chi connectivity index (χ0) is 24.4. The summed E-state index contributed by atoms with van der Waals surface area (Å²) in [5, 5.41) is 28.1. The van der Waals surface area contributed by atoms with Crippen LogP contribution in [0.3, 0.4) is 0 Å². The Kier molecular flexibility index (Phi) is 7.39. The molecule has 0 saturated carbocycles. The minimum absolute atomic E-state index is 0.00248. The van der Waals surface area contributed by atoms with Gasteiger partial charge in [-0.15, -0.1) is 28.2 Å². The van der Waals surface area contributed by atoms with E-state index in [1.165, 1.54) is 39.8 Å². The van der Waals surface area contributed by atoms with Gasteiger partial charge in [0.15, 0.2) is 11.2 Å². The van der Waals surface area contributed by atoms with Crippen LogP contribution < -0.4 is 11.1 Å². The number of carboxylic acids is 1. The third kappa shape index (κ3) is 5.18. The molecule has 4 rings (SSSR count). The normalized spacial score (nSPS) is 21.7. The number of hydrogen-bond donors (Lipinski definition) is 3. The molecular weight excluding hydrogens is 502 g/mol. The van der Waals surface area contributed by atoms with Gasteiger partial charge in [0.25, 0.3) is 0 Å². The van der Waals surface area contributed by atoms with E-state index in [0.717, 1.165) is 6.54 Å². The molecule has 4 heterocycles. The first-order valence-corrected chi connectivity index (χ1v) is 13.0. The second-order valence-corrected chi connectivity index (χ2v) is 10.7. The third-order valence-corrected chi connectivity index (χ3v) is 8.12. The molecule has 2 aromatic heterocycles. The van der Waals surface area contributed by atoms with Gasteiger partial charge in [0.2, 0.25) is 17.0 Å².